The van der Waals surface area contributed by atoms with Crippen LogP contribution in [0.5, 0.6) is 17.2 Å². The van der Waals surface area contributed by atoms with Crippen molar-refractivity contribution in [1.82, 2.24) is 9.78 Å². The second kappa shape index (κ2) is 8.63. The minimum Gasteiger partial charge on any atom is -0.486 e. The average molecular weight is 434 g/mol. The lowest BCUT2D eigenvalue weighted by Crippen LogP contribution is -2.33. The predicted molar refractivity (Wildman–Crippen MR) is 109 cm³/mol. The summed E-state index contributed by atoms with van der Waals surface area (Å²) >= 11 is 11.9. The average Bonchev–Trinajstić information content (AvgIpc) is 3.14. The van der Waals surface area contributed by atoms with E-state index in [1.807, 2.05) is 24.3 Å². The van der Waals surface area contributed by atoms with Crippen LogP contribution < -0.4 is 19.5 Å². The quantitative estimate of drug-likeness (QED) is 0.634. The lowest BCUT2D eigenvalue weighted by molar-refractivity contribution is -0.118. The van der Waals surface area contributed by atoms with E-state index in [1.165, 1.54) is 0 Å². The number of amides is 1. The summed E-state index contributed by atoms with van der Waals surface area (Å²) in [7, 11) is 0. The van der Waals surface area contributed by atoms with Crippen molar-refractivity contribution in [2.75, 3.05) is 18.5 Å². The van der Waals surface area contributed by atoms with Crippen molar-refractivity contribution in [2.45, 2.75) is 12.6 Å². The van der Waals surface area contributed by atoms with Crippen LogP contribution in [0.15, 0.2) is 54.9 Å². The molecule has 1 N–H and O–H groups in total. The molecule has 1 amide bonds. The molecular weight excluding hydrogens is 417 g/mol. The van der Waals surface area contributed by atoms with Crippen molar-refractivity contribution in [1.29, 1.82) is 0 Å². The van der Waals surface area contributed by atoms with Gasteiger partial charge in [-0.2, -0.15) is 5.10 Å². The van der Waals surface area contributed by atoms with E-state index in [0.717, 1.165) is 5.75 Å². The van der Waals surface area contributed by atoms with Gasteiger partial charge in [-0.1, -0.05) is 35.3 Å². The van der Waals surface area contributed by atoms with E-state index < -0.39 is 0 Å². The van der Waals surface area contributed by atoms with Gasteiger partial charge in [-0.15, -0.1) is 0 Å². The predicted octanol–water partition coefficient (Wildman–Crippen LogP) is 4.05. The smallest absolute Gasteiger partial charge is 0.262 e. The fourth-order valence-electron chi connectivity index (χ4n) is 2.82. The van der Waals surface area contributed by atoms with Crippen molar-refractivity contribution in [3.8, 4) is 17.2 Å². The normalized spacial score (nSPS) is 15.0. The highest BCUT2D eigenvalue weighted by Crippen LogP contribution is 2.31. The molecule has 9 heteroatoms. The van der Waals surface area contributed by atoms with E-state index in [9.17, 15) is 4.79 Å². The van der Waals surface area contributed by atoms with Crippen LogP contribution in [0.25, 0.3) is 0 Å². The summed E-state index contributed by atoms with van der Waals surface area (Å²) in [5.41, 5.74) is 0.554. The number of carbonyl (C=O) groups excluding carboxylic acids is 1. The Balaban J connectivity index is 1.28. The van der Waals surface area contributed by atoms with Gasteiger partial charge >= 0.3 is 0 Å². The minimum atomic E-state index is -0.332. The molecule has 0 saturated carbocycles. The van der Waals surface area contributed by atoms with Gasteiger partial charge in [0.25, 0.3) is 5.91 Å². The minimum absolute atomic E-state index is 0.177. The lowest BCUT2D eigenvalue weighted by atomic mass is 10.2. The van der Waals surface area contributed by atoms with E-state index in [1.54, 1.807) is 35.3 Å². The number of hydrogen-bond donors (Lipinski definition) is 1. The summed E-state index contributed by atoms with van der Waals surface area (Å²) in [6, 6.07) is 12.3. The van der Waals surface area contributed by atoms with Gasteiger partial charge in [0.15, 0.2) is 24.2 Å². The molecule has 4 rings (SSSR count). The Morgan fingerprint density at radius 3 is 2.90 bits per heavy atom. The first-order valence-corrected chi connectivity index (χ1v) is 9.61. The highest BCUT2D eigenvalue weighted by molar-refractivity contribution is 6.35. The molecule has 2 aromatic carbocycles. The molecule has 150 valence electrons. The molecular formula is C20H17Cl2N3O4. The number of hydrogen-bond acceptors (Lipinski definition) is 5. The zero-order valence-electron chi connectivity index (χ0n) is 15.2. The largest absolute Gasteiger partial charge is 0.486 e. The van der Waals surface area contributed by atoms with Crippen molar-refractivity contribution >= 4 is 34.8 Å². The van der Waals surface area contributed by atoms with Crippen molar-refractivity contribution in [2.24, 2.45) is 0 Å². The molecule has 7 nitrogen and oxygen atoms in total. The van der Waals surface area contributed by atoms with Crippen LogP contribution in [-0.2, 0) is 11.3 Å². The molecule has 1 atom stereocenters. The number of aromatic nitrogens is 2. The monoisotopic (exact) mass is 433 g/mol. The second-order valence-electron chi connectivity index (χ2n) is 6.36. The third-order valence-electron chi connectivity index (χ3n) is 4.13. The molecule has 0 bridgehead atoms. The van der Waals surface area contributed by atoms with E-state index in [4.69, 9.17) is 37.4 Å². The zero-order chi connectivity index (χ0) is 20.2. The number of nitrogens with zero attached hydrogens (tertiary/aromatic N) is 2. The Morgan fingerprint density at radius 2 is 2.07 bits per heavy atom. The third-order valence-corrected chi connectivity index (χ3v) is 4.66. The van der Waals surface area contributed by atoms with Gasteiger partial charge in [0.2, 0.25) is 0 Å². The fourth-order valence-corrected chi connectivity index (χ4v) is 3.29. The SMILES string of the molecule is O=C(COc1ccc(Cl)cc1Cl)Nc1cnn(CC2COc3ccccc3O2)c1. The Bertz CT molecular complexity index is 1020. The van der Waals surface area contributed by atoms with Crippen LogP contribution in [0.3, 0.4) is 0 Å². The number of benzene rings is 2. The molecule has 0 saturated heterocycles. The van der Waals surface area contributed by atoms with Gasteiger partial charge < -0.3 is 19.5 Å². The highest BCUT2D eigenvalue weighted by Gasteiger charge is 2.21. The highest BCUT2D eigenvalue weighted by atomic mass is 35.5. The Morgan fingerprint density at radius 1 is 1.24 bits per heavy atom. The maximum absolute atomic E-state index is 12.1. The molecule has 0 aliphatic carbocycles. The molecule has 0 fully saturated rings. The van der Waals surface area contributed by atoms with Crippen molar-refractivity contribution in [3.05, 3.63) is 64.9 Å². The molecule has 1 aliphatic heterocycles. The lowest BCUT2D eigenvalue weighted by Gasteiger charge is -2.26. The first-order chi connectivity index (χ1) is 14.1. The molecule has 0 spiro atoms. The number of halogens is 2. The topological polar surface area (TPSA) is 74.6 Å². The van der Waals surface area contributed by atoms with Crippen molar-refractivity contribution in [3.63, 3.8) is 0 Å². The number of fused-ring (bicyclic) bond motifs is 1. The number of nitrogens with one attached hydrogen (secondary N) is 1. The number of rotatable bonds is 6. The Hall–Kier alpha value is -2.90. The van der Waals surface area contributed by atoms with Crippen LogP contribution in [0, 0.1) is 0 Å². The Labute approximate surface area is 177 Å². The van der Waals surface area contributed by atoms with Crippen LogP contribution in [0.2, 0.25) is 10.0 Å². The van der Waals surface area contributed by atoms with Gasteiger partial charge in [-0.3, -0.25) is 9.48 Å². The number of carbonyl (C=O) groups is 1. The molecule has 3 aromatic rings. The first-order valence-electron chi connectivity index (χ1n) is 8.85. The number of para-hydroxylation sites is 2. The summed E-state index contributed by atoms with van der Waals surface area (Å²) < 4.78 is 18.7. The van der Waals surface area contributed by atoms with E-state index in [0.29, 0.717) is 40.4 Å². The van der Waals surface area contributed by atoms with E-state index in [-0.39, 0.29) is 18.6 Å². The van der Waals surface area contributed by atoms with E-state index >= 15 is 0 Å². The summed E-state index contributed by atoms with van der Waals surface area (Å²) in [5, 5.41) is 7.82. The molecule has 0 radical (unpaired) electrons. The standard InChI is InChI=1S/C20H17Cl2N3O4/c21-13-5-6-17(16(22)7-13)28-12-20(26)24-14-8-23-25(9-14)10-15-11-27-18-3-1-2-4-19(18)29-15/h1-9,15H,10-12H2,(H,24,26). The Kier molecular flexibility index (Phi) is 5.78. The summed E-state index contributed by atoms with van der Waals surface area (Å²) in [6.45, 7) is 0.720. The van der Waals surface area contributed by atoms with Gasteiger partial charge in [-0.05, 0) is 30.3 Å². The third kappa shape index (κ3) is 4.93. The van der Waals surface area contributed by atoms with Crippen LogP contribution in [0.1, 0.15) is 0 Å². The summed E-state index contributed by atoms with van der Waals surface area (Å²) in [5.74, 6) is 1.50. The molecule has 1 unspecified atom stereocenters. The van der Waals surface area contributed by atoms with E-state index in [2.05, 4.69) is 10.4 Å². The molecule has 1 aliphatic rings. The summed E-state index contributed by atoms with van der Waals surface area (Å²) in [4.78, 5) is 12.1. The fraction of sp³-hybridized carbons (Fsp3) is 0.200. The molecule has 1 aromatic heterocycles. The summed E-state index contributed by atoms with van der Waals surface area (Å²) in [6.07, 6.45) is 3.10. The molecule has 29 heavy (non-hydrogen) atoms. The van der Waals surface area contributed by atoms with Gasteiger partial charge in [0, 0.05) is 11.2 Å². The zero-order valence-corrected chi connectivity index (χ0v) is 16.7. The first kappa shape index (κ1) is 19.4. The van der Waals surface area contributed by atoms with Gasteiger partial charge in [0.05, 0.1) is 23.5 Å². The number of ether oxygens (including phenoxy) is 3. The second-order valence-corrected chi connectivity index (χ2v) is 7.20. The van der Waals surface area contributed by atoms with Crippen LogP contribution in [-0.4, -0.2) is 35.0 Å². The van der Waals surface area contributed by atoms with Crippen molar-refractivity contribution < 1.29 is 19.0 Å². The maximum atomic E-state index is 12.1. The van der Waals surface area contributed by atoms with Crippen LogP contribution in [0.4, 0.5) is 5.69 Å². The molecule has 2 heterocycles. The van der Waals surface area contributed by atoms with Gasteiger partial charge in [-0.25, -0.2) is 0 Å². The van der Waals surface area contributed by atoms with Gasteiger partial charge in [0.1, 0.15) is 12.4 Å². The number of anilines is 1. The van der Waals surface area contributed by atoms with Crippen LogP contribution >= 0.6 is 23.2 Å². The maximum Gasteiger partial charge on any atom is 0.262 e.